The highest BCUT2D eigenvalue weighted by molar-refractivity contribution is 5.82. The summed E-state index contributed by atoms with van der Waals surface area (Å²) in [7, 11) is 3.81. The lowest BCUT2D eigenvalue weighted by Crippen LogP contribution is -2.48. The Bertz CT molecular complexity index is 247. The number of piperidine rings is 1. The molecule has 0 saturated carbocycles. The highest BCUT2D eigenvalue weighted by Crippen LogP contribution is 2.33. The molecule has 1 amide bonds. The molecule has 0 aliphatic carbocycles. The third kappa shape index (κ3) is 3.68. The number of amides is 1. The van der Waals surface area contributed by atoms with E-state index >= 15 is 0 Å². The number of hydrogen-bond donors (Lipinski definition) is 2. The van der Waals surface area contributed by atoms with Crippen LogP contribution < -0.4 is 10.6 Å². The van der Waals surface area contributed by atoms with Crippen LogP contribution in [0.15, 0.2) is 0 Å². The van der Waals surface area contributed by atoms with E-state index in [1.165, 1.54) is 6.42 Å². The monoisotopic (exact) mass is 241 g/mol. The van der Waals surface area contributed by atoms with Gasteiger partial charge in [0, 0.05) is 25.6 Å². The van der Waals surface area contributed by atoms with Crippen LogP contribution >= 0.6 is 0 Å². The first kappa shape index (κ1) is 14.5. The molecule has 17 heavy (non-hydrogen) atoms. The van der Waals surface area contributed by atoms with Crippen molar-refractivity contribution in [3.05, 3.63) is 0 Å². The van der Waals surface area contributed by atoms with E-state index in [1.54, 1.807) is 0 Å². The van der Waals surface area contributed by atoms with Gasteiger partial charge in [-0.05, 0) is 38.9 Å². The first-order valence-electron chi connectivity index (χ1n) is 6.61. The highest BCUT2D eigenvalue weighted by Gasteiger charge is 2.38. The molecule has 0 aromatic rings. The summed E-state index contributed by atoms with van der Waals surface area (Å²) in [6.07, 6.45) is 2.34. The number of carbonyl (C=O) groups excluding carboxylic acids is 1. The lowest BCUT2D eigenvalue weighted by atomic mass is 9.74. The minimum atomic E-state index is -0.254. The largest absolute Gasteiger partial charge is 0.344 e. The topological polar surface area (TPSA) is 44.4 Å². The lowest BCUT2D eigenvalue weighted by molar-refractivity contribution is -0.142. The molecule has 4 heteroatoms. The van der Waals surface area contributed by atoms with Crippen molar-refractivity contribution in [3.8, 4) is 0 Å². The van der Waals surface area contributed by atoms with Gasteiger partial charge in [0.1, 0.15) is 0 Å². The third-order valence-corrected chi connectivity index (χ3v) is 3.91. The van der Waals surface area contributed by atoms with Crippen LogP contribution in [0.3, 0.4) is 0 Å². The number of nitrogens with one attached hydrogen (secondary N) is 2. The van der Waals surface area contributed by atoms with Crippen LogP contribution in [0.1, 0.15) is 26.7 Å². The van der Waals surface area contributed by atoms with Crippen LogP contribution in [0.25, 0.3) is 0 Å². The highest BCUT2D eigenvalue weighted by atomic mass is 16.2. The van der Waals surface area contributed by atoms with E-state index in [9.17, 15) is 4.79 Å². The number of likely N-dealkylation sites (N-methyl/N-ethyl adjacent to an activating group) is 2. The Morgan fingerprint density at radius 2 is 2.24 bits per heavy atom. The minimum absolute atomic E-state index is 0.254. The minimum Gasteiger partial charge on any atom is -0.344 e. The second-order valence-electron chi connectivity index (χ2n) is 5.60. The van der Waals surface area contributed by atoms with Crippen LogP contribution in [-0.4, -0.2) is 51.1 Å². The molecule has 1 rings (SSSR count). The summed E-state index contributed by atoms with van der Waals surface area (Å²) < 4.78 is 0. The van der Waals surface area contributed by atoms with E-state index in [0.717, 1.165) is 32.6 Å². The van der Waals surface area contributed by atoms with E-state index in [0.29, 0.717) is 5.92 Å². The Morgan fingerprint density at radius 3 is 2.76 bits per heavy atom. The maximum absolute atomic E-state index is 12.4. The van der Waals surface area contributed by atoms with Crippen molar-refractivity contribution in [2.24, 2.45) is 11.3 Å². The summed E-state index contributed by atoms with van der Waals surface area (Å²) in [5.74, 6) is 0.724. The molecule has 0 spiro atoms. The third-order valence-electron chi connectivity index (χ3n) is 3.91. The molecule has 1 atom stereocenters. The van der Waals surface area contributed by atoms with E-state index < -0.39 is 0 Å². The van der Waals surface area contributed by atoms with Gasteiger partial charge in [0.2, 0.25) is 5.91 Å². The average Bonchev–Trinajstić information content (AvgIpc) is 2.36. The normalized spacial score (nSPS) is 21.3. The molecular formula is C13H27N3O. The molecule has 1 heterocycles. The maximum Gasteiger partial charge on any atom is 0.228 e. The predicted molar refractivity (Wildman–Crippen MR) is 70.9 cm³/mol. The van der Waals surface area contributed by atoms with Crippen molar-refractivity contribution in [2.45, 2.75) is 26.7 Å². The predicted octanol–water partition coefficient (Wildman–Crippen LogP) is 0.690. The fourth-order valence-corrected chi connectivity index (χ4v) is 2.52. The quantitative estimate of drug-likeness (QED) is 0.744. The van der Waals surface area contributed by atoms with E-state index in [-0.39, 0.29) is 11.3 Å². The Kier molecular flexibility index (Phi) is 5.40. The molecule has 1 saturated heterocycles. The van der Waals surface area contributed by atoms with Gasteiger partial charge in [-0.25, -0.2) is 0 Å². The molecular weight excluding hydrogens is 214 g/mol. The van der Waals surface area contributed by atoms with Gasteiger partial charge in [0.25, 0.3) is 0 Å². The standard InChI is InChI=1S/C13H27N3O/c1-13(2,11-6-5-7-15-10-11)12(17)16(4)9-8-14-3/h11,14-15H,5-10H2,1-4H3. The zero-order valence-electron chi connectivity index (χ0n) is 11.7. The van der Waals surface area contributed by atoms with Crippen molar-refractivity contribution < 1.29 is 4.79 Å². The lowest BCUT2D eigenvalue weighted by Gasteiger charge is -2.38. The molecule has 100 valence electrons. The second-order valence-corrected chi connectivity index (χ2v) is 5.60. The molecule has 1 unspecified atom stereocenters. The first-order valence-corrected chi connectivity index (χ1v) is 6.61. The van der Waals surface area contributed by atoms with Crippen LogP contribution in [-0.2, 0) is 4.79 Å². The Labute approximate surface area is 105 Å². The van der Waals surface area contributed by atoms with Gasteiger partial charge in [-0.2, -0.15) is 0 Å². The summed E-state index contributed by atoms with van der Waals surface area (Å²) in [5, 5.41) is 6.47. The Morgan fingerprint density at radius 1 is 1.53 bits per heavy atom. The SMILES string of the molecule is CNCCN(C)C(=O)C(C)(C)C1CCCNC1. The van der Waals surface area contributed by atoms with Gasteiger partial charge in [-0.15, -0.1) is 0 Å². The van der Waals surface area contributed by atoms with Crippen molar-refractivity contribution in [1.29, 1.82) is 0 Å². The summed E-state index contributed by atoms with van der Waals surface area (Å²) in [5.41, 5.74) is -0.254. The summed E-state index contributed by atoms with van der Waals surface area (Å²) in [6.45, 7) is 7.86. The maximum atomic E-state index is 12.4. The van der Waals surface area contributed by atoms with Gasteiger partial charge < -0.3 is 15.5 Å². The average molecular weight is 241 g/mol. The smallest absolute Gasteiger partial charge is 0.228 e. The Balaban J connectivity index is 2.57. The number of hydrogen-bond acceptors (Lipinski definition) is 3. The number of rotatable bonds is 5. The molecule has 1 aliphatic rings. The van der Waals surface area contributed by atoms with Crippen molar-refractivity contribution in [3.63, 3.8) is 0 Å². The molecule has 1 aliphatic heterocycles. The molecule has 0 radical (unpaired) electrons. The van der Waals surface area contributed by atoms with E-state index in [4.69, 9.17) is 0 Å². The zero-order chi connectivity index (χ0) is 12.9. The summed E-state index contributed by atoms with van der Waals surface area (Å²) in [4.78, 5) is 14.3. The molecule has 0 aromatic carbocycles. The van der Waals surface area contributed by atoms with Crippen molar-refractivity contribution >= 4 is 5.91 Å². The second kappa shape index (κ2) is 6.36. The molecule has 0 bridgehead atoms. The molecule has 0 aromatic heterocycles. The van der Waals surface area contributed by atoms with Crippen LogP contribution in [0, 0.1) is 11.3 Å². The fraction of sp³-hybridized carbons (Fsp3) is 0.923. The summed E-state index contributed by atoms with van der Waals surface area (Å²) in [6, 6.07) is 0. The molecule has 2 N–H and O–H groups in total. The van der Waals surface area contributed by atoms with Crippen molar-refractivity contribution in [1.82, 2.24) is 15.5 Å². The van der Waals surface area contributed by atoms with Gasteiger partial charge in [-0.3, -0.25) is 4.79 Å². The van der Waals surface area contributed by atoms with Gasteiger partial charge in [-0.1, -0.05) is 13.8 Å². The number of carbonyl (C=O) groups is 1. The van der Waals surface area contributed by atoms with Gasteiger partial charge >= 0.3 is 0 Å². The van der Waals surface area contributed by atoms with Crippen LogP contribution in [0.5, 0.6) is 0 Å². The van der Waals surface area contributed by atoms with Crippen LogP contribution in [0.4, 0.5) is 0 Å². The van der Waals surface area contributed by atoms with E-state index in [2.05, 4.69) is 24.5 Å². The van der Waals surface area contributed by atoms with Crippen molar-refractivity contribution in [2.75, 3.05) is 40.3 Å². The Hall–Kier alpha value is -0.610. The zero-order valence-corrected chi connectivity index (χ0v) is 11.7. The number of nitrogens with zero attached hydrogens (tertiary/aromatic N) is 1. The first-order chi connectivity index (χ1) is 8.00. The van der Waals surface area contributed by atoms with E-state index in [1.807, 2.05) is 19.0 Å². The molecule has 4 nitrogen and oxygen atoms in total. The van der Waals surface area contributed by atoms with Gasteiger partial charge in [0.05, 0.1) is 0 Å². The molecule has 1 fully saturated rings. The summed E-state index contributed by atoms with van der Waals surface area (Å²) >= 11 is 0. The van der Waals surface area contributed by atoms with Crippen LogP contribution in [0.2, 0.25) is 0 Å². The fourth-order valence-electron chi connectivity index (χ4n) is 2.52. The van der Waals surface area contributed by atoms with Gasteiger partial charge in [0.15, 0.2) is 0 Å².